The van der Waals surface area contributed by atoms with Gasteiger partial charge in [0.05, 0.1) is 13.2 Å². The van der Waals surface area contributed by atoms with Crippen LogP contribution < -0.4 is 10.3 Å². The van der Waals surface area contributed by atoms with Crippen LogP contribution in [0.25, 0.3) is 0 Å². The zero-order chi connectivity index (χ0) is 22.6. The summed E-state index contributed by atoms with van der Waals surface area (Å²) in [5.74, 6) is -0.641. The predicted molar refractivity (Wildman–Crippen MR) is 122 cm³/mol. The summed E-state index contributed by atoms with van der Waals surface area (Å²) < 4.78 is 6.99. The molecule has 1 amide bonds. The average Bonchev–Trinajstić information content (AvgIpc) is 2.96. The Bertz CT molecular complexity index is 1310. The summed E-state index contributed by atoms with van der Waals surface area (Å²) >= 11 is 8.33. The van der Waals surface area contributed by atoms with E-state index in [9.17, 15) is 14.7 Å². The fraction of sp³-hybridized carbons (Fsp3) is 0.261. The zero-order valence-electron chi connectivity index (χ0n) is 17.4. The smallest absolute Gasteiger partial charge is 0.318 e. The minimum absolute atomic E-state index is 0.00721. The predicted octanol–water partition coefficient (Wildman–Crippen LogP) is 3.68. The fourth-order valence-electron chi connectivity index (χ4n) is 4.66. The molecule has 32 heavy (non-hydrogen) atoms. The Balaban J connectivity index is 1.85. The Morgan fingerprint density at radius 2 is 1.91 bits per heavy atom. The van der Waals surface area contributed by atoms with E-state index in [-0.39, 0.29) is 17.6 Å². The van der Waals surface area contributed by atoms with Gasteiger partial charge in [-0.2, -0.15) is 4.98 Å². The van der Waals surface area contributed by atoms with Gasteiger partial charge in [0, 0.05) is 35.2 Å². The Labute approximate surface area is 193 Å². The van der Waals surface area contributed by atoms with Crippen LogP contribution in [0.3, 0.4) is 0 Å². The van der Waals surface area contributed by atoms with Gasteiger partial charge in [0.25, 0.3) is 5.91 Å². The zero-order valence-corrected chi connectivity index (χ0v) is 19.0. The third-order valence-corrected chi connectivity index (χ3v) is 7.57. The van der Waals surface area contributed by atoms with Gasteiger partial charge in [-0.3, -0.25) is 14.2 Å². The molecule has 1 aromatic heterocycles. The Morgan fingerprint density at radius 1 is 1.16 bits per heavy atom. The molecule has 9 heteroatoms. The van der Waals surface area contributed by atoms with Crippen LogP contribution >= 0.6 is 23.4 Å². The van der Waals surface area contributed by atoms with Crippen LogP contribution in [0.2, 0.25) is 5.02 Å². The van der Waals surface area contributed by atoms with E-state index in [4.69, 9.17) is 16.3 Å². The molecule has 0 aliphatic carbocycles. The van der Waals surface area contributed by atoms with Crippen molar-refractivity contribution >= 4 is 29.3 Å². The van der Waals surface area contributed by atoms with Crippen molar-refractivity contribution in [1.29, 1.82) is 0 Å². The lowest BCUT2D eigenvalue weighted by molar-refractivity contribution is 0.0687. The number of ether oxygens (including phenoxy) is 1. The van der Waals surface area contributed by atoms with E-state index in [0.29, 0.717) is 17.3 Å². The third kappa shape index (κ3) is 3.09. The lowest BCUT2D eigenvalue weighted by Crippen LogP contribution is -2.45. The van der Waals surface area contributed by atoms with E-state index in [0.717, 1.165) is 21.6 Å². The maximum atomic E-state index is 13.0. The highest BCUT2D eigenvalue weighted by molar-refractivity contribution is 7.98. The number of carbonyl (C=O) groups is 1. The van der Waals surface area contributed by atoms with Gasteiger partial charge < -0.3 is 14.7 Å². The minimum Gasteiger partial charge on any atom is -0.501 e. The highest BCUT2D eigenvalue weighted by Gasteiger charge is 2.42. The molecule has 1 N–H and O–H groups in total. The number of thioether (sulfide) groups is 1. The number of amides is 1. The Hall–Kier alpha value is -2.97. The molecular formula is C23H20ClN3O4S. The number of methoxy groups -OCH3 is 1. The molecule has 7 nitrogen and oxygen atoms in total. The van der Waals surface area contributed by atoms with Gasteiger partial charge in [-0.1, -0.05) is 41.9 Å². The highest BCUT2D eigenvalue weighted by Crippen LogP contribution is 2.49. The van der Waals surface area contributed by atoms with E-state index < -0.39 is 23.3 Å². The van der Waals surface area contributed by atoms with Gasteiger partial charge in [-0.05, 0) is 28.8 Å². The first-order valence-electron chi connectivity index (χ1n) is 10.1. The monoisotopic (exact) mass is 469 g/mol. The summed E-state index contributed by atoms with van der Waals surface area (Å²) in [6.07, 6.45) is 0. The molecule has 2 aliphatic heterocycles. The van der Waals surface area contributed by atoms with Gasteiger partial charge in [0.2, 0.25) is 5.75 Å². The molecule has 3 aromatic rings. The quantitative estimate of drug-likeness (QED) is 0.616. The average molecular weight is 470 g/mol. The lowest BCUT2D eigenvalue weighted by atomic mass is 9.81. The summed E-state index contributed by atoms with van der Waals surface area (Å²) in [7, 11) is 3.06. The van der Waals surface area contributed by atoms with E-state index in [1.807, 2.05) is 30.3 Å². The molecule has 0 fully saturated rings. The number of likely N-dealkylation sites (N-methyl/N-ethyl adjacent to an activating group) is 1. The van der Waals surface area contributed by atoms with Gasteiger partial charge in [0.15, 0.2) is 5.69 Å². The van der Waals surface area contributed by atoms with Crippen LogP contribution in [0, 0.1) is 0 Å². The summed E-state index contributed by atoms with van der Waals surface area (Å²) in [5.41, 5.74) is 2.14. The number of rotatable bonds is 2. The van der Waals surface area contributed by atoms with Gasteiger partial charge in [-0.25, -0.2) is 0 Å². The van der Waals surface area contributed by atoms with E-state index >= 15 is 0 Å². The molecule has 0 saturated carbocycles. The Morgan fingerprint density at radius 3 is 2.69 bits per heavy atom. The number of halogens is 1. The van der Waals surface area contributed by atoms with Crippen molar-refractivity contribution in [2.45, 2.75) is 22.6 Å². The van der Waals surface area contributed by atoms with Crippen molar-refractivity contribution in [3.05, 3.63) is 80.2 Å². The van der Waals surface area contributed by atoms with E-state index in [2.05, 4.69) is 17.1 Å². The maximum absolute atomic E-state index is 13.0. The first-order valence-corrected chi connectivity index (χ1v) is 11.4. The number of benzene rings is 2. The molecule has 0 radical (unpaired) electrons. The maximum Gasteiger partial charge on any atom is 0.318 e. The SMILES string of the molecule is COc1nc(=O)c(O)c2n1C(C1c3ccccc3SCc3c(Cl)cccc31)CN(C)C2=O. The number of aromatic hydroxyl groups is 1. The second kappa shape index (κ2) is 7.86. The van der Waals surface area contributed by atoms with Crippen molar-refractivity contribution in [3.63, 3.8) is 0 Å². The normalized spacial score (nSPS) is 19.6. The highest BCUT2D eigenvalue weighted by atomic mass is 35.5. The molecule has 2 atom stereocenters. The van der Waals surface area contributed by atoms with Crippen molar-refractivity contribution in [1.82, 2.24) is 14.5 Å². The van der Waals surface area contributed by atoms with Crippen LogP contribution in [0.5, 0.6) is 11.8 Å². The van der Waals surface area contributed by atoms with Crippen molar-refractivity contribution < 1.29 is 14.6 Å². The molecule has 2 aliphatic rings. The minimum atomic E-state index is -0.893. The van der Waals surface area contributed by atoms with Crippen LogP contribution in [0.1, 0.15) is 39.1 Å². The molecule has 3 heterocycles. The second-order valence-corrected chi connectivity index (χ2v) is 9.26. The third-order valence-electron chi connectivity index (χ3n) is 6.10. The van der Waals surface area contributed by atoms with Crippen LogP contribution in [-0.4, -0.2) is 46.2 Å². The van der Waals surface area contributed by atoms with Crippen molar-refractivity contribution in [2.75, 3.05) is 20.7 Å². The number of carbonyl (C=O) groups excluding carboxylic acids is 1. The first kappa shape index (κ1) is 20.9. The van der Waals surface area contributed by atoms with Gasteiger partial charge in [-0.15, -0.1) is 11.8 Å². The molecule has 0 saturated heterocycles. The standard InChI is InChI=1S/C23H20ClN3O4S/c1-26-10-16(27-19(22(26)30)20(28)21(29)25-23(27)31-2)18-12-7-5-8-15(24)14(12)11-32-17-9-4-3-6-13(17)18/h3-9,16,18,28H,10-11H2,1-2H3. The van der Waals surface area contributed by atoms with Crippen LogP contribution in [0.4, 0.5) is 0 Å². The second-order valence-electron chi connectivity index (χ2n) is 7.84. The molecule has 164 valence electrons. The molecular weight excluding hydrogens is 450 g/mol. The fourth-order valence-corrected chi connectivity index (χ4v) is 6.15. The summed E-state index contributed by atoms with van der Waals surface area (Å²) in [5, 5.41) is 11.2. The summed E-state index contributed by atoms with van der Waals surface area (Å²) in [4.78, 5) is 31.8. The molecule has 0 bridgehead atoms. The first-order chi connectivity index (χ1) is 15.4. The molecule has 2 aromatic carbocycles. The van der Waals surface area contributed by atoms with Crippen molar-refractivity contribution in [2.24, 2.45) is 0 Å². The summed E-state index contributed by atoms with van der Waals surface area (Å²) in [6, 6.07) is 13.6. The lowest BCUT2D eigenvalue weighted by Gasteiger charge is -2.39. The number of hydrogen-bond donors (Lipinski definition) is 1. The van der Waals surface area contributed by atoms with E-state index in [1.165, 1.54) is 12.0 Å². The molecule has 2 unspecified atom stereocenters. The van der Waals surface area contributed by atoms with Gasteiger partial charge in [0.1, 0.15) is 0 Å². The van der Waals surface area contributed by atoms with Crippen LogP contribution in [-0.2, 0) is 5.75 Å². The topological polar surface area (TPSA) is 84.7 Å². The number of fused-ring (bicyclic) bond motifs is 3. The number of aromatic nitrogens is 2. The van der Waals surface area contributed by atoms with E-state index in [1.54, 1.807) is 23.4 Å². The molecule has 0 spiro atoms. The van der Waals surface area contributed by atoms with Crippen molar-refractivity contribution in [3.8, 4) is 11.8 Å². The number of nitrogens with zero attached hydrogens (tertiary/aromatic N) is 3. The van der Waals surface area contributed by atoms with Crippen LogP contribution in [0.15, 0.2) is 52.2 Å². The largest absolute Gasteiger partial charge is 0.501 e. The van der Waals surface area contributed by atoms with Gasteiger partial charge >= 0.3 is 11.6 Å². The molecule has 5 rings (SSSR count). The Kier molecular flexibility index (Phi) is 5.14. The summed E-state index contributed by atoms with van der Waals surface area (Å²) in [6.45, 7) is 0.335. The number of hydrogen-bond acceptors (Lipinski definition) is 6.